The highest BCUT2D eigenvalue weighted by Crippen LogP contribution is 2.40. The second kappa shape index (κ2) is 17.8. The van der Waals surface area contributed by atoms with Gasteiger partial charge in [0, 0.05) is 59.2 Å². The Bertz CT molecular complexity index is 2820. The van der Waals surface area contributed by atoms with Crippen molar-refractivity contribution in [3.63, 3.8) is 0 Å². The predicted octanol–water partition coefficient (Wildman–Crippen LogP) is 6.58. The van der Waals surface area contributed by atoms with E-state index >= 15 is 0 Å². The van der Waals surface area contributed by atoms with E-state index in [0.29, 0.717) is 60.3 Å². The second-order valence-electron chi connectivity index (χ2n) is 17.1. The molecule has 15 nitrogen and oxygen atoms in total. The van der Waals surface area contributed by atoms with E-state index in [0.717, 1.165) is 71.1 Å². The minimum absolute atomic E-state index is 0.0111. The van der Waals surface area contributed by atoms with Gasteiger partial charge in [0.15, 0.2) is 11.6 Å². The maximum absolute atomic E-state index is 13.7. The Balaban J connectivity index is 0.778. The summed E-state index contributed by atoms with van der Waals surface area (Å²) in [6.07, 6.45) is 3.03. The van der Waals surface area contributed by atoms with Crippen LogP contribution in [0.4, 0.5) is 0 Å². The monoisotopic (exact) mass is 902 g/mol. The number of hydrogen-bond acceptors (Lipinski definition) is 11. The van der Waals surface area contributed by atoms with Crippen molar-refractivity contribution in [3.05, 3.63) is 121 Å². The number of benzene rings is 3. The lowest BCUT2D eigenvalue weighted by atomic mass is 9.95. The summed E-state index contributed by atoms with van der Waals surface area (Å²) in [5.74, 6) is 1.64. The van der Waals surface area contributed by atoms with Crippen LogP contribution in [0.1, 0.15) is 83.0 Å². The van der Waals surface area contributed by atoms with Crippen molar-refractivity contribution in [2.75, 3.05) is 32.7 Å². The zero-order chi connectivity index (χ0) is 44.8. The van der Waals surface area contributed by atoms with Crippen molar-refractivity contribution in [1.29, 1.82) is 0 Å². The molecule has 64 heavy (non-hydrogen) atoms. The molecule has 2 amide bonds. The van der Waals surface area contributed by atoms with E-state index in [1.165, 1.54) is 15.5 Å². The number of carbonyl (C=O) groups excluding carboxylic acids is 2. The second-order valence-corrected chi connectivity index (χ2v) is 18.7. The summed E-state index contributed by atoms with van der Waals surface area (Å²) in [4.78, 5) is 51.0. The summed E-state index contributed by atoms with van der Waals surface area (Å²) in [7, 11) is 0. The molecule has 3 aromatic carbocycles. The molecule has 2 atom stereocenters. The molecule has 0 bridgehead atoms. The third kappa shape index (κ3) is 8.37. The van der Waals surface area contributed by atoms with Crippen LogP contribution in [0, 0.1) is 32.6 Å². The predicted molar refractivity (Wildman–Crippen MR) is 246 cm³/mol. The van der Waals surface area contributed by atoms with E-state index in [4.69, 9.17) is 16.6 Å². The number of aromatic amines is 1. The third-order valence-electron chi connectivity index (χ3n) is 12.9. The van der Waals surface area contributed by atoms with Crippen molar-refractivity contribution in [1.82, 2.24) is 44.6 Å². The first-order valence-corrected chi connectivity index (χ1v) is 23.0. The Hall–Kier alpha value is -6.10. The number of amides is 2. The molecule has 0 spiro atoms. The molecule has 4 N–H and O–H groups in total. The highest BCUT2D eigenvalue weighted by atomic mass is 35.5. The number of rotatable bonds is 11. The van der Waals surface area contributed by atoms with E-state index in [1.807, 2.05) is 71.8 Å². The van der Waals surface area contributed by atoms with Crippen LogP contribution in [-0.2, 0) is 22.6 Å². The van der Waals surface area contributed by atoms with Crippen LogP contribution in [-0.4, -0.2) is 99.8 Å². The van der Waals surface area contributed by atoms with E-state index in [-0.39, 0.29) is 47.4 Å². The Kier molecular flexibility index (Phi) is 12.0. The van der Waals surface area contributed by atoms with Crippen LogP contribution in [0.3, 0.4) is 0 Å². The molecule has 1 unspecified atom stereocenters. The number of phenols is 2. The molecule has 3 aliphatic heterocycles. The van der Waals surface area contributed by atoms with Crippen molar-refractivity contribution in [3.8, 4) is 33.6 Å². The first-order chi connectivity index (χ1) is 30.9. The van der Waals surface area contributed by atoms with Gasteiger partial charge in [-0.25, -0.2) is 14.5 Å². The van der Waals surface area contributed by atoms with Gasteiger partial charge < -0.3 is 20.4 Å². The summed E-state index contributed by atoms with van der Waals surface area (Å²) in [6, 6.07) is 17.7. The fourth-order valence-electron chi connectivity index (χ4n) is 9.24. The van der Waals surface area contributed by atoms with Crippen LogP contribution >= 0.6 is 22.9 Å². The quantitative estimate of drug-likeness (QED) is 0.111. The van der Waals surface area contributed by atoms with Gasteiger partial charge in [-0.2, -0.15) is 5.10 Å². The van der Waals surface area contributed by atoms with Gasteiger partial charge >= 0.3 is 5.69 Å². The fourth-order valence-corrected chi connectivity index (χ4v) is 10.6. The first kappa shape index (κ1) is 43.2. The number of fused-ring (bicyclic) bond motifs is 3. The van der Waals surface area contributed by atoms with E-state index in [2.05, 4.69) is 44.5 Å². The third-order valence-corrected chi connectivity index (χ3v) is 14.4. The molecular weight excluding hydrogens is 852 g/mol. The topological polar surface area (TPSA) is 187 Å². The number of carbonyl (C=O) groups is 2. The summed E-state index contributed by atoms with van der Waals surface area (Å²) in [5, 5.41) is 41.2. The number of aryl methyl sites for hydroxylation is 3. The molecule has 0 radical (unpaired) electrons. The van der Waals surface area contributed by atoms with Crippen molar-refractivity contribution >= 4 is 40.5 Å². The van der Waals surface area contributed by atoms with Crippen molar-refractivity contribution in [2.45, 2.75) is 72.4 Å². The lowest BCUT2D eigenvalue weighted by Gasteiger charge is -2.33. The number of likely N-dealkylation sites (tertiary alicyclic amines) is 2. The molecule has 0 aliphatic carbocycles. The smallest absolute Gasteiger partial charge is 0.348 e. The highest BCUT2D eigenvalue weighted by molar-refractivity contribution is 7.15. The van der Waals surface area contributed by atoms with Crippen LogP contribution in [0.25, 0.3) is 22.1 Å². The molecule has 17 heteroatoms. The molecule has 0 saturated carbocycles. The number of H-pyrrole nitrogens is 1. The zero-order valence-electron chi connectivity index (χ0n) is 36.3. The van der Waals surface area contributed by atoms with Crippen LogP contribution in [0.15, 0.2) is 70.5 Å². The van der Waals surface area contributed by atoms with Gasteiger partial charge in [0.2, 0.25) is 11.8 Å². The maximum Gasteiger partial charge on any atom is 0.348 e. The SMILES string of the molecule is CCc1cc(-c2n[nH]c(=O)n2-c2ccc(CN3CCC(C(=O)N4CCC(CNC(=O)C[C@@H]5N=C(c6ccc(Cl)cc6)c6c(sc(C)c6C)-n6c(C)nnc65)C4)CC3)cc2)c(O)cc1O. The van der Waals surface area contributed by atoms with Crippen molar-refractivity contribution in [2.24, 2.45) is 16.8 Å². The van der Waals surface area contributed by atoms with Gasteiger partial charge in [-0.05, 0) is 112 Å². The Morgan fingerprint density at radius 2 is 1.69 bits per heavy atom. The molecule has 6 heterocycles. The molecule has 2 saturated heterocycles. The molecule has 3 aliphatic rings. The molecule has 6 aromatic rings. The van der Waals surface area contributed by atoms with E-state index in [1.54, 1.807) is 17.4 Å². The molecular formula is C47H51ClN10O5S. The number of nitrogens with one attached hydrogen (secondary N) is 2. The van der Waals surface area contributed by atoms with Gasteiger partial charge in [0.1, 0.15) is 28.4 Å². The zero-order valence-corrected chi connectivity index (χ0v) is 37.8. The summed E-state index contributed by atoms with van der Waals surface area (Å²) >= 11 is 7.94. The normalized spacial score (nSPS) is 17.8. The van der Waals surface area contributed by atoms with Gasteiger partial charge in [0.05, 0.1) is 23.4 Å². The average molecular weight is 904 g/mol. The van der Waals surface area contributed by atoms with Crippen LogP contribution < -0.4 is 11.0 Å². The largest absolute Gasteiger partial charge is 0.508 e. The number of phenolic OH excluding ortho intramolecular Hbond substituents is 2. The van der Waals surface area contributed by atoms with Gasteiger partial charge in [-0.3, -0.25) is 24.0 Å². The van der Waals surface area contributed by atoms with Gasteiger partial charge in [-0.1, -0.05) is 42.8 Å². The number of piperidine rings is 1. The van der Waals surface area contributed by atoms with E-state index in [9.17, 15) is 24.6 Å². The molecule has 332 valence electrons. The van der Waals surface area contributed by atoms with Gasteiger partial charge in [-0.15, -0.1) is 21.5 Å². The standard InChI is InChI=1S/C47H51ClN10O5S/c1-5-31-20-36(39(60)22-38(31)59)43-52-54-47(63)58(43)35-12-6-29(7-13-35)24-55-17-15-33(16-18-55)45(62)56-19-14-30(25-56)23-49-40(61)21-37-44-53-51-28(4)57(44)46-41(26(2)27(3)64-46)42(50-37)32-8-10-34(48)11-9-32/h6-13,20,22,30,33,37,59-60H,5,14-19,21,23-25H2,1-4H3,(H,49,61)(H,54,63)/t30?,37-/m0/s1. The van der Waals surface area contributed by atoms with Crippen LogP contribution in [0.2, 0.25) is 5.02 Å². The minimum Gasteiger partial charge on any atom is -0.508 e. The molecule has 3 aromatic heterocycles. The Labute approximate surface area is 379 Å². The summed E-state index contributed by atoms with van der Waals surface area (Å²) in [6.45, 7) is 12.1. The van der Waals surface area contributed by atoms with Crippen molar-refractivity contribution < 1.29 is 19.8 Å². The number of nitrogens with zero attached hydrogens (tertiary/aromatic N) is 8. The maximum atomic E-state index is 13.7. The Morgan fingerprint density at radius 3 is 2.42 bits per heavy atom. The number of hydrogen-bond donors (Lipinski definition) is 4. The molecule has 9 rings (SSSR count). The van der Waals surface area contributed by atoms with Crippen LogP contribution in [0.5, 0.6) is 11.5 Å². The summed E-state index contributed by atoms with van der Waals surface area (Å²) < 4.78 is 3.46. The minimum atomic E-state index is -0.553. The Morgan fingerprint density at radius 1 is 0.938 bits per heavy atom. The first-order valence-electron chi connectivity index (χ1n) is 21.8. The van der Waals surface area contributed by atoms with E-state index < -0.39 is 11.7 Å². The fraction of sp³-hybridized carbons (Fsp3) is 0.383. The lowest BCUT2D eigenvalue weighted by molar-refractivity contribution is -0.136. The number of aromatic nitrogens is 6. The number of aliphatic imine (C=N–C) groups is 1. The number of halogens is 1. The molecule has 2 fully saturated rings. The van der Waals surface area contributed by atoms with Gasteiger partial charge in [0.25, 0.3) is 0 Å². The number of thiophene rings is 1. The lowest BCUT2D eigenvalue weighted by Crippen LogP contribution is -2.42. The highest BCUT2D eigenvalue weighted by Gasteiger charge is 2.35. The number of aromatic hydroxyl groups is 2. The summed E-state index contributed by atoms with van der Waals surface area (Å²) in [5.41, 5.74) is 6.08. The average Bonchev–Trinajstić information content (AvgIpc) is 4.07.